The van der Waals surface area contributed by atoms with E-state index in [0.717, 1.165) is 6.92 Å². The number of rotatable bonds is 0. The molecule has 0 rings (SSSR count). The van der Waals surface area contributed by atoms with Crippen LogP contribution in [0.2, 0.25) is 0 Å². The van der Waals surface area contributed by atoms with Crippen LogP contribution in [0.5, 0.6) is 0 Å². The minimum atomic E-state index is -0.833. The molecule has 2 N–H and O–H groups in total. The maximum absolute atomic E-state index is 9.00. The van der Waals surface area contributed by atoms with E-state index in [1.807, 2.05) is 0 Å². The molecule has 0 aliphatic rings. The number of carboxylic acid groups (broad SMARTS) is 1. The first kappa shape index (κ1) is 22.5. The molecular formula is C2H7NNa2O4. The van der Waals surface area contributed by atoms with Crippen LogP contribution in [0, 0.1) is 10.1 Å². The molecule has 5 nitrogen and oxygen atoms in total. The zero-order chi connectivity index (χ0) is 6.28. The Morgan fingerprint density at radius 2 is 1.56 bits per heavy atom. The van der Waals surface area contributed by atoms with E-state index in [0.29, 0.717) is 0 Å². The monoisotopic (exact) mass is 155 g/mol. The van der Waals surface area contributed by atoms with Crippen LogP contribution in [-0.4, -0.2) is 70.2 Å². The third kappa shape index (κ3) is 553. The average Bonchev–Trinajstić information content (AvgIpc) is 1.33. The Kier molecular flexibility index (Phi) is 58.0. The molecule has 0 aromatic carbocycles. The summed E-state index contributed by atoms with van der Waals surface area (Å²) in [5.41, 5.74) is 0. The van der Waals surface area contributed by atoms with Gasteiger partial charge in [-0.2, -0.15) is 0 Å². The van der Waals surface area contributed by atoms with Crippen LogP contribution in [-0.2, 0) is 4.79 Å². The fourth-order valence-corrected chi connectivity index (χ4v) is 0. The Bertz CT molecular complexity index is 63.6. The van der Waals surface area contributed by atoms with Crippen molar-refractivity contribution in [3.8, 4) is 0 Å². The van der Waals surface area contributed by atoms with Crippen LogP contribution in [0.1, 0.15) is 6.92 Å². The van der Waals surface area contributed by atoms with Gasteiger partial charge in [0.05, 0.1) is 0 Å². The van der Waals surface area contributed by atoms with E-state index in [4.69, 9.17) is 20.0 Å². The molecule has 0 heterocycles. The molecule has 0 aliphatic carbocycles. The first-order chi connectivity index (χ1) is 3.15. The molecule has 46 valence electrons. The topological polar surface area (TPSA) is 91.4 Å². The molecule has 0 radical (unpaired) electrons. The summed E-state index contributed by atoms with van der Waals surface area (Å²) in [6.07, 6.45) is 0. The van der Waals surface area contributed by atoms with Crippen molar-refractivity contribution in [1.82, 2.24) is 0 Å². The molecular weight excluding hydrogens is 148 g/mol. The molecule has 0 saturated heterocycles. The number of carbonyl (C=O) groups is 1. The molecule has 0 bridgehead atoms. The molecule has 0 aliphatic heterocycles. The SMILES string of the molecule is CC(=O)O.O=[NH+][O-].[NaH].[NaH]. The Morgan fingerprint density at radius 1 is 1.56 bits per heavy atom. The second-order valence-electron chi connectivity index (χ2n) is 0.602. The maximum atomic E-state index is 9.00. The number of carboxylic acids is 1. The normalized spacial score (nSPS) is 4.11. The fraction of sp³-hybridized carbons (Fsp3) is 0.500. The van der Waals surface area contributed by atoms with Gasteiger partial charge in [0.15, 0.2) is 0 Å². The van der Waals surface area contributed by atoms with E-state index in [9.17, 15) is 0 Å². The molecule has 0 unspecified atom stereocenters. The van der Waals surface area contributed by atoms with Crippen molar-refractivity contribution in [3.63, 3.8) is 0 Å². The number of hydrogen-bond donors (Lipinski definition) is 2. The summed E-state index contributed by atoms with van der Waals surface area (Å²) in [6, 6.07) is 0. The van der Waals surface area contributed by atoms with Gasteiger partial charge in [-0.1, -0.05) is 0 Å². The quantitative estimate of drug-likeness (QED) is 0.223. The van der Waals surface area contributed by atoms with Gasteiger partial charge in [0.1, 0.15) is 0 Å². The summed E-state index contributed by atoms with van der Waals surface area (Å²) in [6.45, 7) is 1.08. The predicted molar refractivity (Wildman–Crippen MR) is 35.3 cm³/mol. The second-order valence-corrected chi connectivity index (χ2v) is 0.602. The zero-order valence-electron chi connectivity index (χ0n) is 3.67. The molecule has 0 saturated carbocycles. The van der Waals surface area contributed by atoms with Gasteiger partial charge in [0.25, 0.3) is 5.97 Å². The van der Waals surface area contributed by atoms with Gasteiger partial charge in [-0.15, -0.1) is 0 Å². The van der Waals surface area contributed by atoms with E-state index in [2.05, 4.69) is 0 Å². The Balaban J connectivity index is -0.0000000233. The minimum absolute atomic E-state index is 0. The van der Waals surface area contributed by atoms with Crippen LogP contribution in [0.3, 0.4) is 0 Å². The molecule has 7 heteroatoms. The molecule has 0 fully saturated rings. The molecule has 0 spiro atoms. The molecule has 9 heavy (non-hydrogen) atoms. The summed E-state index contributed by atoms with van der Waals surface area (Å²) in [5, 5.41) is 15.8. The molecule has 0 aromatic heterocycles. The summed E-state index contributed by atoms with van der Waals surface area (Å²) in [4.78, 5) is 17.1. The third-order valence-corrected chi connectivity index (χ3v) is 0. The molecule has 0 atom stereocenters. The van der Waals surface area contributed by atoms with Crippen molar-refractivity contribution >= 4 is 65.1 Å². The Hall–Kier alpha value is 0.870. The average molecular weight is 155 g/mol. The van der Waals surface area contributed by atoms with Gasteiger partial charge in [-0.25, -0.2) is 0 Å². The van der Waals surface area contributed by atoms with E-state index < -0.39 is 5.97 Å². The van der Waals surface area contributed by atoms with E-state index in [-0.39, 0.29) is 64.5 Å². The van der Waals surface area contributed by atoms with Crippen molar-refractivity contribution in [2.24, 2.45) is 0 Å². The van der Waals surface area contributed by atoms with Crippen molar-refractivity contribution in [2.45, 2.75) is 6.92 Å². The summed E-state index contributed by atoms with van der Waals surface area (Å²) < 4.78 is 0. The number of nitrogens with one attached hydrogen (secondary N) is 1. The van der Waals surface area contributed by atoms with Crippen LogP contribution in [0.25, 0.3) is 0 Å². The standard InChI is InChI=1S/C2H4O2.HNO2.2Na.2H/c1-2(3)4;2-1-3;;;;/h1H3,(H,3,4);1H;;;;. The van der Waals surface area contributed by atoms with Gasteiger partial charge in [-0.3, -0.25) is 14.9 Å². The predicted octanol–water partition coefficient (Wildman–Crippen LogP) is -2.87. The third-order valence-electron chi connectivity index (χ3n) is 0. The van der Waals surface area contributed by atoms with Crippen molar-refractivity contribution in [2.75, 3.05) is 0 Å². The Labute approximate surface area is 96.3 Å². The van der Waals surface area contributed by atoms with Crippen molar-refractivity contribution < 1.29 is 15.2 Å². The fourth-order valence-electron chi connectivity index (χ4n) is 0. The van der Waals surface area contributed by atoms with Crippen molar-refractivity contribution in [3.05, 3.63) is 10.1 Å². The van der Waals surface area contributed by atoms with Crippen LogP contribution in [0.4, 0.5) is 0 Å². The van der Waals surface area contributed by atoms with Gasteiger partial charge in [-0.05, 0) is 0 Å². The summed E-state index contributed by atoms with van der Waals surface area (Å²) in [5.74, 6) is -0.833. The van der Waals surface area contributed by atoms with Crippen molar-refractivity contribution in [1.29, 1.82) is 0 Å². The molecule has 0 aromatic rings. The van der Waals surface area contributed by atoms with Crippen LogP contribution < -0.4 is 5.34 Å². The first-order valence-electron chi connectivity index (χ1n) is 1.34. The first-order valence-corrected chi connectivity index (χ1v) is 1.34. The van der Waals surface area contributed by atoms with E-state index in [1.54, 1.807) is 0 Å². The van der Waals surface area contributed by atoms with Gasteiger partial charge in [0, 0.05) is 12.3 Å². The Morgan fingerprint density at radius 3 is 1.56 bits per heavy atom. The van der Waals surface area contributed by atoms with Gasteiger partial charge in [0.2, 0.25) is 0 Å². The van der Waals surface area contributed by atoms with Gasteiger partial charge >= 0.3 is 59.1 Å². The second kappa shape index (κ2) is 23.2. The van der Waals surface area contributed by atoms with Gasteiger partial charge < -0.3 is 5.11 Å². The number of hydrogen-bond acceptors (Lipinski definition) is 3. The zero-order valence-corrected chi connectivity index (χ0v) is 3.67. The summed E-state index contributed by atoms with van der Waals surface area (Å²) in [7, 11) is 0. The van der Waals surface area contributed by atoms with Crippen LogP contribution >= 0.6 is 0 Å². The van der Waals surface area contributed by atoms with Crippen LogP contribution in [0.15, 0.2) is 0 Å². The van der Waals surface area contributed by atoms with E-state index >= 15 is 0 Å². The molecule has 0 amide bonds. The summed E-state index contributed by atoms with van der Waals surface area (Å²) >= 11 is 0. The number of aliphatic carboxylic acids is 1. The van der Waals surface area contributed by atoms with E-state index in [1.165, 1.54) is 0 Å².